The molecule has 0 radical (unpaired) electrons. The van der Waals surface area contributed by atoms with Crippen molar-refractivity contribution in [3.8, 4) is 0 Å². The van der Waals surface area contributed by atoms with Crippen molar-refractivity contribution in [2.45, 2.75) is 20.0 Å². The fourth-order valence-electron chi connectivity index (χ4n) is 0.513. The van der Waals surface area contributed by atoms with Gasteiger partial charge in [0.25, 0.3) is 0 Å². The van der Waals surface area contributed by atoms with Gasteiger partial charge in [0.1, 0.15) is 0 Å². The number of halogens is 1. The predicted octanol–water partition coefficient (Wildman–Crippen LogP) is 1.05. The van der Waals surface area contributed by atoms with E-state index < -0.39 is 12.1 Å². The molecule has 3 nitrogen and oxygen atoms in total. The van der Waals surface area contributed by atoms with E-state index in [9.17, 15) is 4.79 Å². The summed E-state index contributed by atoms with van der Waals surface area (Å²) in [6.07, 6.45) is -0.0213. The maximum atomic E-state index is 10.7. The largest absolute Gasteiger partial charge is 0.464 e. The van der Waals surface area contributed by atoms with Crippen molar-refractivity contribution in [2.24, 2.45) is 0 Å². The maximum absolute atomic E-state index is 10.7. The molecule has 0 saturated heterocycles. The van der Waals surface area contributed by atoms with Gasteiger partial charge in [0.05, 0.1) is 6.61 Å². The molecule has 0 rings (SSSR count). The summed E-state index contributed by atoms with van der Waals surface area (Å²) < 4.78 is 4.51. The van der Waals surface area contributed by atoms with Crippen LogP contribution in [0.15, 0.2) is 11.1 Å². The Bertz CT molecular complexity index is 161. The number of rotatable bonds is 3. The molecule has 0 aromatic rings. The molecule has 1 atom stereocenters. The minimum absolute atomic E-state index is 0.255. The maximum Gasteiger partial charge on any atom is 0.339 e. The van der Waals surface area contributed by atoms with Crippen LogP contribution in [0.5, 0.6) is 0 Å². The molecule has 0 aliphatic rings. The molecule has 4 heteroatoms. The molecule has 1 N–H and O–H groups in total. The average Bonchev–Trinajstić information content (AvgIpc) is 1.86. The third-order valence-corrected chi connectivity index (χ3v) is 1.04. The van der Waals surface area contributed by atoms with Crippen LogP contribution in [0.4, 0.5) is 0 Å². The van der Waals surface area contributed by atoms with Gasteiger partial charge in [-0.25, -0.2) is 4.79 Å². The molecule has 0 amide bonds. The first-order valence-corrected chi connectivity index (χ1v) is 3.64. The Morgan fingerprint density at radius 2 is 2.36 bits per heavy atom. The van der Waals surface area contributed by atoms with Crippen molar-refractivity contribution in [1.29, 1.82) is 0 Å². The van der Waals surface area contributed by atoms with Crippen molar-refractivity contribution >= 4 is 17.6 Å². The number of ether oxygens (including phenoxy) is 1. The van der Waals surface area contributed by atoms with Gasteiger partial charge in [0, 0.05) is 5.03 Å². The van der Waals surface area contributed by atoms with Gasteiger partial charge in [-0.2, -0.15) is 0 Å². The summed E-state index contributed by atoms with van der Waals surface area (Å²) in [5.74, 6) is -0.674. The van der Waals surface area contributed by atoms with Gasteiger partial charge in [0.2, 0.25) is 0 Å². The smallest absolute Gasteiger partial charge is 0.339 e. The topological polar surface area (TPSA) is 46.5 Å². The molecule has 0 heterocycles. The zero-order valence-corrected chi connectivity index (χ0v) is 7.26. The molecule has 1 unspecified atom stereocenters. The zero-order chi connectivity index (χ0) is 8.85. The highest BCUT2D eigenvalue weighted by Crippen LogP contribution is 2.01. The first-order chi connectivity index (χ1) is 5.07. The Labute approximate surface area is 70.6 Å². The third-order valence-electron chi connectivity index (χ3n) is 0.916. The Kier molecular flexibility index (Phi) is 4.90. The van der Waals surface area contributed by atoms with E-state index in [0.29, 0.717) is 5.03 Å². The Morgan fingerprint density at radius 1 is 1.82 bits per heavy atom. The predicted molar refractivity (Wildman–Crippen MR) is 42.2 cm³/mol. The summed E-state index contributed by atoms with van der Waals surface area (Å²) in [6, 6.07) is 0. The van der Waals surface area contributed by atoms with E-state index in [1.807, 2.05) is 0 Å². The number of carbonyl (C=O) groups is 1. The minimum Gasteiger partial charge on any atom is -0.464 e. The summed E-state index contributed by atoms with van der Waals surface area (Å²) in [7, 11) is 0. The van der Waals surface area contributed by atoms with Crippen LogP contribution in [0.25, 0.3) is 0 Å². The van der Waals surface area contributed by atoms with E-state index in [1.54, 1.807) is 13.8 Å². The fourth-order valence-corrected chi connectivity index (χ4v) is 0.633. The van der Waals surface area contributed by atoms with E-state index in [4.69, 9.17) is 16.7 Å². The van der Waals surface area contributed by atoms with Crippen LogP contribution in [-0.4, -0.2) is 23.8 Å². The van der Waals surface area contributed by atoms with Gasteiger partial charge in [-0.15, -0.1) is 0 Å². The van der Waals surface area contributed by atoms with Crippen LogP contribution < -0.4 is 0 Å². The van der Waals surface area contributed by atoms with Crippen molar-refractivity contribution in [1.82, 2.24) is 0 Å². The second-order valence-electron chi connectivity index (χ2n) is 1.95. The molecular formula is C7H11ClO3. The van der Waals surface area contributed by atoms with E-state index >= 15 is 0 Å². The van der Waals surface area contributed by atoms with Gasteiger partial charge in [0.15, 0.2) is 6.10 Å². The Hall–Kier alpha value is -0.540. The minimum atomic E-state index is -1.24. The molecule has 0 fully saturated rings. The van der Waals surface area contributed by atoms with E-state index in [1.165, 1.54) is 6.08 Å². The lowest BCUT2D eigenvalue weighted by Gasteiger charge is -2.04. The van der Waals surface area contributed by atoms with E-state index in [2.05, 4.69) is 4.74 Å². The molecule has 0 aliphatic carbocycles. The average molecular weight is 179 g/mol. The lowest BCUT2D eigenvalue weighted by atomic mass is 10.3. The van der Waals surface area contributed by atoms with Crippen LogP contribution in [0, 0.1) is 0 Å². The lowest BCUT2D eigenvalue weighted by molar-refractivity contribution is -0.150. The number of esters is 1. The fraction of sp³-hybridized carbons (Fsp3) is 0.571. The number of aliphatic hydroxyl groups is 1. The standard InChI is InChI=1S/C7H11ClO3/c1-3-11-7(10)6(9)4-5(2)8/h4,6,9H,3H2,1-2H3. The summed E-state index contributed by atoms with van der Waals surface area (Å²) in [5, 5.41) is 9.35. The monoisotopic (exact) mass is 178 g/mol. The van der Waals surface area contributed by atoms with Crippen molar-refractivity contribution < 1.29 is 14.6 Å². The Morgan fingerprint density at radius 3 is 2.73 bits per heavy atom. The molecular weight excluding hydrogens is 168 g/mol. The number of aliphatic hydroxyl groups excluding tert-OH is 1. The highest BCUT2D eigenvalue weighted by Gasteiger charge is 2.12. The van der Waals surface area contributed by atoms with Crippen molar-refractivity contribution in [2.75, 3.05) is 6.61 Å². The van der Waals surface area contributed by atoms with Crippen LogP contribution >= 0.6 is 11.6 Å². The number of allylic oxidation sites excluding steroid dienone is 1. The molecule has 0 bridgehead atoms. The molecule has 64 valence electrons. The molecule has 0 aliphatic heterocycles. The normalized spacial score (nSPS) is 14.4. The summed E-state index contributed by atoms with van der Waals surface area (Å²) >= 11 is 5.41. The SMILES string of the molecule is CCOC(=O)C(O)C=C(C)Cl. The number of hydrogen-bond acceptors (Lipinski definition) is 3. The highest BCUT2D eigenvalue weighted by atomic mass is 35.5. The lowest BCUT2D eigenvalue weighted by Crippen LogP contribution is -2.20. The number of hydrogen-bond donors (Lipinski definition) is 1. The van der Waals surface area contributed by atoms with Gasteiger partial charge >= 0.3 is 5.97 Å². The van der Waals surface area contributed by atoms with Gasteiger partial charge in [-0.1, -0.05) is 11.6 Å². The summed E-state index contributed by atoms with van der Waals surface area (Å²) in [6.45, 7) is 3.50. The molecule has 0 saturated carbocycles. The van der Waals surface area contributed by atoms with Crippen LogP contribution in [0.3, 0.4) is 0 Å². The third kappa shape index (κ3) is 4.81. The van der Waals surface area contributed by atoms with Crippen LogP contribution in [-0.2, 0) is 9.53 Å². The van der Waals surface area contributed by atoms with Gasteiger partial charge in [-0.3, -0.25) is 0 Å². The molecule has 11 heavy (non-hydrogen) atoms. The van der Waals surface area contributed by atoms with Crippen molar-refractivity contribution in [3.63, 3.8) is 0 Å². The van der Waals surface area contributed by atoms with Crippen molar-refractivity contribution in [3.05, 3.63) is 11.1 Å². The molecule has 0 aromatic carbocycles. The quantitative estimate of drug-likeness (QED) is 0.658. The molecule has 0 spiro atoms. The van der Waals surface area contributed by atoms with E-state index in [-0.39, 0.29) is 6.61 Å². The molecule has 0 aromatic heterocycles. The highest BCUT2D eigenvalue weighted by molar-refractivity contribution is 6.29. The summed E-state index contributed by atoms with van der Waals surface area (Å²) in [4.78, 5) is 10.7. The van der Waals surface area contributed by atoms with Gasteiger partial charge in [-0.05, 0) is 19.9 Å². The van der Waals surface area contributed by atoms with E-state index in [0.717, 1.165) is 0 Å². The zero-order valence-electron chi connectivity index (χ0n) is 6.50. The first kappa shape index (κ1) is 10.5. The second-order valence-corrected chi connectivity index (χ2v) is 2.55. The van der Waals surface area contributed by atoms with Crippen LogP contribution in [0.2, 0.25) is 0 Å². The van der Waals surface area contributed by atoms with Crippen LogP contribution in [0.1, 0.15) is 13.8 Å². The van der Waals surface area contributed by atoms with Gasteiger partial charge < -0.3 is 9.84 Å². The number of carbonyl (C=O) groups excluding carboxylic acids is 1. The first-order valence-electron chi connectivity index (χ1n) is 3.26. The second kappa shape index (κ2) is 5.16. The summed E-state index contributed by atoms with van der Waals surface area (Å²) in [5.41, 5.74) is 0. The Balaban J connectivity index is 3.93.